The van der Waals surface area contributed by atoms with Crippen molar-refractivity contribution in [2.75, 3.05) is 13.2 Å². The summed E-state index contributed by atoms with van der Waals surface area (Å²) in [5.74, 6) is -0.187. The zero-order valence-corrected chi connectivity index (χ0v) is 16.2. The molecule has 0 unspecified atom stereocenters. The Hall–Kier alpha value is -3.77. The van der Waals surface area contributed by atoms with Crippen molar-refractivity contribution in [1.29, 1.82) is 0 Å². The van der Waals surface area contributed by atoms with Gasteiger partial charge in [-0.05, 0) is 46.5 Å². The summed E-state index contributed by atoms with van der Waals surface area (Å²) in [4.78, 5) is 2.62. The van der Waals surface area contributed by atoms with Crippen LogP contribution in [0.5, 0.6) is 5.75 Å². The molecule has 158 valence electrons. The average molecular weight is 427 g/mol. The fraction of sp³-hybridized carbons (Fsp3) is 0.130. The summed E-state index contributed by atoms with van der Waals surface area (Å²) in [6, 6.07) is 18.6. The second-order valence-electron chi connectivity index (χ2n) is 6.45. The van der Waals surface area contributed by atoms with Crippen LogP contribution < -0.4 is 4.74 Å². The van der Waals surface area contributed by atoms with Crippen molar-refractivity contribution in [3.63, 3.8) is 0 Å². The molecule has 3 aromatic rings. The molecule has 8 heteroatoms. The molecule has 0 N–H and O–H groups in total. The Morgan fingerprint density at radius 1 is 0.839 bits per heavy atom. The number of hydrogen-bond acceptors (Lipinski definition) is 2. The van der Waals surface area contributed by atoms with Crippen LogP contribution in [0.25, 0.3) is 21.6 Å². The number of hydrogen-bond donors (Lipinski definition) is 0. The lowest BCUT2D eigenvalue weighted by Crippen LogP contribution is -2.14. The molecule has 31 heavy (non-hydrogen) atoms. The van der Waals surface area contributed by atoms with Crippen LogP contribution in [0.15, 0.2) is 84.0 Å². The number of rotatable bonds is 7. The highest BCUT2D eigenvalue weighted by Crippen LogP contribution is 2.42. The highest BCUT2D eigenvalue weighted by Gasteiger charge is 2.38. The lowest BCUT2D eigenvalue weighted by molar-refractivity contribution is -0.0685. The molecule has 0 aliphatic carbocycles. The van der Waals surface area contributed by atoms with Crippen LogP contribution in [0.2, 0.25) is 0 Å². The van der Waals surface area contributed by atoms with E-state index in [0.717, 1.165) is 24.3 Å². The molecule has 0 aromatic heterocycles. The Labute approximate surface area is 176 Å². The van der Waals surface area contributed by atoms with Crippen molar-refractivity contribution in [1.82, 2.24) is 0 Å². The Morgan fingerprint density at radius 2 is 1.42 bits per heavy atom. The Bertz CT molecular complexity index is 1090. The minimum Gasteiger partial charge on any atom is -0.493 e. The summed E-state index contributed by atoms with van der Waals surface area (Å²) in [6.07, 6.45) is -4.69. The van der Waals surface area contributed by atoms with Gasteiger partial charge in [0, 0.05) is 10.5 Å². The first-order chi connectivity index (χ1) is 14.9. The van der Waals surface area contributed by atoms with E-state index in [4.69, 9.17) is 10.3 Å². The minimum absolute atomic E-state index is 0.0275. The van der Waals surface area contributed by atoms with Gasteiger partial charge >= 0.3 is 6.18 Å². The van der Waals surface area contributed by atoms with Crippen molar-refractivity contribution in [2.24, 2.45) is 5.11 Å². The first kappa shape index (κ1) is 21.9. The summed E-state index contributed by atoms with van der Waals surface area (Å²) in [5, 5.41) is 3.36. The van der Waals surface area contributed by atoms with E-state index in [2.05, 4.69) is 10.0 Å². The molecule has 3 aromatic carbocycles. The molecule has 0 aliphatic rings. The van der Waals surface area contributed by atoms with Gasteiger partial charge in [-0.3, -0.25) is 0 Å². The fourth-order valence-corrected chi connectivity index (χ4v) is 3.09. The van der Waals surface area contributed by atoms with Crippen molar-refractivity contribution in [3.05, 3.63) is 112 Å². The molecule has 0 aliphatic heterocycles. The molecular weight excluding hydrogens is 410 g/mol. The van der Waals surface area contributed by atoms with Crippen LogP contribution >= 0.6 is 0 Å². The highest BCUT2D eigenvalue weighted by molar-refractivity contribution is 6.00. The van der Waals surface area contributed by atoms with Gasteiger partial charge in [-0.25, -0.2) is 4.39 Å². The molecule has 0 radical (unpaired) electrons. The lowest BCUT2D eigenvalue weighted by Gasteiger charge is -2.20. The molecule has 0 spiro atoms. The largest absolute Gasteiger partial charge is 0.493 e. The van der Waals surface area contributed by atoms with Gasteiger partial charge in [-0.15, -0.1) is 0 Å². The Morgan fingerprint density at radius 3 is 2.00 bits per heavy atom. The fourth-order valence-electron chi connectivity index (χ4n) is 3.09. The summed E-state index contributed by atoms with van der Waals surface area (Å²) in [7, 11) is 0. The number of allylic oxidation sites excluding steroid dienone is 1. The summed E-state index contributed by atoms with van der Waals surface area (Å²) in [6.45, 7) is 0.282. The maximum atomic E-state index is 14.2. The lowest BCUT2D eigenvalue weighted by atomic mass is 9.89. The minimum atomic E-state index is -4.69. The van der Waals surface area contributed by atoms with E-state index in [1.165, 1.54) is 12.1 Å². The molecule has 4 nitrogen and oxygen atoms in total. The maximum absolute atomic E-state index is 14.2. The summed E-state index contributed by atoms with van der Waals surface area (Å²) in [5.41, 5.74) is 7.95. The Balaban J connectivity index is 2.13. The van der Waals surface area contributed by atoms with E-state index >= 15 is 0 Å². The van der Waals surface area contributed by atoms with E-state index < -0.39 is 17.6 Å². The molecule has 3 rings (SSSR count). The third kappa shape index (κ3) is 5.65. The predicted octanol–water partition coefficient (Wildman–Crippen LogP) is 7.04. The van der Waals surface area contributed by atoms with Crippen molar-refractivity contribution >= 4 is 11.1 Å². The smallest absolute Gasteiger partial charge is 0.417 e. The summed E-state index contributed by atoms with van der Waals surface area (Å²) < 4.78 is 61.5. The first-order valence-corrected chi connectivity index (χ1v) is 9.27. The maximum Gasteiger partial charge on any atom is 0.417 e. The van der Waals surface area contributed by atoms with Gasteiger partial charge in [0.25, 0.3) is 0 Å². The number of benzene rings is 3. The Kier molecular flexibility index (Phi) is 6.95. The molecule has 0 saturated heterocycles. The molecule has 0 atom stereocenters. The predicted molar refractivity (Wildman–Crippen MR) is 111 cm³/mol. The summed E-state index contributed by atoms with van der Waals surface area (Å²) >= 11 is 0. The standard InChI is InChI=1S/C23H17F4N3O/c24-19-10-6-18(7-11-19)22(23(25,26)27)21(16-4-2-1-3-5-16)17-8-12-20(13-9-17)31-15-14-29-30-28/h1-13H,14-15H2/b22-21-. The van der Waals surface area contributed by atoms with Crippen LogP contribution in [0, 0.1) is 5.82 Å². The first-order valence-electron chi connectivity index (χ1n) is 9.27. The SMILES string of the molecule is [N-]=[N+]=NCCOc1ccc(/C(=C(/c2ccc(F)cc2)C(F)(F)F)c2ccccc2)cc1. The highest BCUT2D eigenvalue weighted by atomic mass is 19.4. The van der Waals surface area contributed by atoms with Gasteiger partial charge in [0.1, 0.15) is 11.6 Å². The van der Waals surface area contributed by atoms with Gasteiger partial charge in [0.15, 0.2) is 0 Å². The van der Waals surface area contributed by atoms with E-state index in [1.807, 2.05) is 0 Å². The molecule has 0 bridgehead atoms. The molecule has 0 amide bonds. The topological polar surface area (TPSA) is 58.0 Å². The quantitative estimate of drug-likeness (QED) is 0.0997. The van der Waals surface area contributed by atoms with Gasteiger partial charge < -0.3 is 4.74 Å². The molecule has 0 saturated carbocycles. The number of alkyl halides is 3. The molecular formula is C23H17F4N3O. The zero-order valence-electron chi connectivity index (χ0n) is 16.2. The van der Waals surface area contributed by atoms with E-state index in [-0.39, 0.29) is 24.3 Å². The second kappa shape index (κ2) is 9.82. The van der Waals surface area contributed by atoms with Gasteiger partial charge in [-0.2, -0.15) is 13.2 Å². The van der Waals surface area contributed by atoms with Crippen LogP contribution in [0.4, 0.5) is 17.6 Å². The third-order valence-electron chi connectivity index (χ3n) is 4.40. The van der Waals surface area contributed by atoms with Crippen molar-refractivity contribution < 1.29 is 22.3 Å². The van der Waals surface area contributed by atoms with Crippen LogP contribution in [0.1, 0.15) is 16.7 Å². The van der Waals surface area contributed by atoms with Crippen molar-refractivity contribution in [3.8, 4) is 5.75 Å². The van der Waals surface area contributed by atoms with Crippen molar-refractivity contribution in [2.45, 2.75) is 6.18 Å². The normalized spacial score (nSPS) is 12.0. The average Bonchev–Trinajstić information content (AvgIpc) is 2.76. The number of ether oxygens (including phenoxy) is 1. The van der Waals surface area contributed by atoms with Gasteiger partial charge in [-0.1, -0.05) is 59.7 Å². The monoisotopic (exact) mass is 427 g/mol. The molecule has 0 heterocycles. The molecule has 0 fully saturated rings. The zero-order chi connectivity index (χ0) is 22.3. The van der Waals surface area contributed by atoms with Gasteiger partial charge in [0.2, 0.25) is 0 Å². The van der Waals surface area contributed by atoms with E-state index in [1.54, 1.807) is 42.5 Å². The number of halogens is 4. The van der Waals surface area contributed by atoms with Crippen LogP contribution in [0.3, 0.4) is 0 Å². The van der Waals surface area contributed by atoms with Crippen LogP contribution in [-0.2, 0) is 0 Å². The van der Waals surface area contributed by atoms with Crippen LogP contribution in [-0.4, -0.2) is 19.3 Å². The van der Waals surface area contributed by atoms with E-state index in [9.17, 15) is 17.6 Å². The second-order valence-corrected chi connectivity index (χ2v) is 6.45. The number of nitrogens with zero attached hydrogens (tertiary/aromatic N) is 3. The van der Waals surface area contributed by atoms with E-state index in [0.29, 0.717) is 16.9 Å². The third-order valence-corrected chi connectivity index (χ3v) is 4.40. The van der Waals surface area contributed by atoms with Gasteiger partial charge in [0.05, 0.1) is 18.7 Å². The number of azide groups is 1.